The molecular weight excluding hydrogens is 1250 g/mol. The molecule has 0 rings (SSSR count). The Kier molecular flexibility index (Phi) is 76.5. The van der Waals surface area contributed by atoms with E-state index in [0.717, 1.165) is 122 Å². The molecule has 0 fully saturated rings. The zero-order valence-corrected chi connectivity index (χ0v) is 66.0. The number of allylic oxidation sites excluding steroid dienone is 26. The number of nitrogens with zero attached hydrogens (tertiary/aromatic N) is 1. The summed E-state index contributed by atoms with van der Waals surface area (Å²) in [6, 6.07) is 0. The molecule has 0 aliphatic rings. The lowest BCUT2D eigenvalue weighted by Crippen LogP contribution is -2.40. The zero-order chi connectivity index (χ0) is 73.2. The number of carbonyl (C=O) groups excluding carboxylic acids is 2. The van der Waals surface area contributed by atoms with Crippen molar-refractivity contribution in [2.45, 2.75) is 360 Å². The number of ether oxygens (including phenoxy) is 4. The smallest absolute Gasteiger partial charge is 0.361 e. The highest BCUT2D eigenvalue weighted by molar-refractivity contribution is 5.71. The fraction of sp³-hybridized carbons (Fsp3) is 0.685. The van der Waals surface area contributed by atoms with Gasteiger partial charge in [-0.2, -0.15) is 0 Å². The number of hydrogen-bond donors (Lipinski definition) is 1. The molecule has 2 unspecified atom stereocenters. The largest absolute Gasteiger partial charge is 0.477 e. The lowest BCUT2D eigenvalue weighted by atomic mass is 10.0. The van der Waals surface area contributed by atoms with Crippen molar-refractivity contribution in [2.24, 2.45) is 0 Å². The van der Waals surface area contributed by atoms with Crippen molar-refractivity contribution >= 4 is 17.9 Å². The number of esters is 2. The second-order valence-corrected chi connectivity index (χ2v) is 28.7. The topological polar surface area (TPSA) is 108 Å². The number of aliphatic carboxylic acids is 1. The first kappa shape index (κ1) is 95.9. The minimum atomic E-state index is -1.53. The average Bonchev–Trinajstić information content (AvgIpc) is 1.21. The second kappa shape index (κ2) is 80.6. The first-order valence-electron chi connectivity index (χ1n) is 41.6. The maximum absolute atomic E-state index is 13.0. The van der Waals surface area contributed by atoms with Crippen LogP contribution >= 0.6 is 0 Å². The number of carboxylic acid groups (broad SMARTS) is 1. The van der Waals surface area contributed by atoms with Crippen molar-refractivity contribution in [1.82, 2.24) is 0 Å². The van der Waals surface area contributed by atoms with Crippen LogP contribution in [0.5, 0.6) is 0 Å². The van der Waals surface area contributed by atoms with E-state index in [1.165, 1.54) is 193 Å². The third-order valence-electron chi connectivity index (χ3n) is 17.8. The highest BCUT2D eigenvalue weighted by Gasteiger charge is 2.25. The molecule has 0 spiro atoms. The minimum Gasteiger partial charge on any atom is -0.477 e. The standard InChI is InChI=1S/C92H155NO8/c1-6-8-10-12-14-16-18-20-22-24-26-28-30-32-34-36-38-40-42-43-44-45-46-47-49-51-53-55-57-59-61-63-65-67-69-71-73-75-77-79-81-83-90(95)101-88(87-100-92(91(96)97)98-85-84-93(3,4)5)86-99-89(94)82-80-78-76-74-72-70-68-66-64-62-60-58-56-54-52-50-48-41-39-37-35-33-31-29-27-25-23-21-19-17-15-13-11-9-7-2/h8,10,14,16,20,22,25-28,32,34,38,40,43-44,46-47,51,53,57,59,63,65,69,71,88,92H,6-7,9,11-13,15,17-19,21,23-24,29-31,33,35-37,39,41-42,45,48-50,52,54-56,58,60-62,64,66-68,70,72-87H2,1-5H3/p+1/b10-8-,16-14-,22-20-,27-25-,28-26-,34-32-,40-38-,44-43-,47-46-,53-51-,59-57-,65-63-,71-69-. The highest BCUT2D eigenvalue weighted by atomic mass is 16.7. The van der Waals surface area contributed by atoms with Crippen LogP contribution in [0.2, 0.25) is 0 Å². The van der Waals surface area contributed by atoms with Crippen molar-refractivity contribution in [3.05, 3.63) is 158 Å². The predicted molar refractivity (Wildman–Crippen MR) is 437 cm³/mol. The molecule has 0 aliphatic heterocycles. The van der Waals surface area contributed by atoms with E-state index in [9.17, 15) is 19.5 Å². The molecule has 0 radical (unpaired) electrons. The fourth-order valence-electron chi connectivity index (χ4n) is 11.5. The number of unbranched alkanes of at least 4 members (excludes halogenated alkanes) is 35. The molecule has 1 N–H and O–H groups in total. The number of likely N-dealkylation sites (N-methyl/N-ethyl adjacent to an activating group) is 1. The van der Waals surface area contributed by atoms with Gasteiger partial charge in [-0.15, -0.1) is 0 Å². The van der Waals surface area contributed by atoms with Gasteiger partial charge in [-0.25, -0.2) is 4.79 Å². The Morgan fingerprint density at radius 3 is 0.851 bits per heavy atom. The molecule has 0 aromatic rings. The van der Waals surface area contributed by atoms with E-state index in [0.29, 0.717) is 23.9 Å². The predicted octanol–water partition coefficient (Wildman–Crippen LogP) is 27.1. The van der Waals surface area contributed by atoms with Crippen molar-refractivity contribution in [3.63, 3.8) is 0 Å². The Labute approximate surface area is 623 Å². The van der Waals surface area contributed by atoms with Crippen molar-refractivity contribution < 1.29 is 42.9 Å². The van der Waals surface area contributed by atoms with Crippen LogP contribution in [-0.4, -0.2) is 87.4 Å². The summed E-state index contributed by atoms with van der Waals surface area (Å²) in [7, 11) is 5.97. The van der Waals surface area contributed by atoms with Gasteiger partial charge in [-0.05, 0) is 128 Å². The number of quaternary nitrogens is 1. The van der Waals surface area contributed by atoms with Crippen LogP contribution in [-0.2, 0) is 33.3 Å². The molecule has 0 saturated heterocycles. The molecule has 0 aliphatic carbocycles. The normalized spacial score (nSPS) is 13.5. The lowest BCUT2D eigenvalue weighted by Gasteiger charge is -2.25. The summed E-state index contributed by atoms with van der Waals surface area (Å²) in [4.78, 5) is 37.8. The lowest BCUT2D eigenvalue weighted by molar-refractivity contribution is -0.870. The monoisotopic (exact) mass is 1400 g/mol. The maximum Gasteiger partial charge on any atom is 0.361 e. The second-order valence-electron chi connectivity index (χ2n) is 28.7. The van der Waals surface area contributed by atoms with Crippen LogP contribution in [0.4, 0.5) is 0 Å². The summed E-state index contributed by atoms with van der Waals surface area (Å²) < 4.78 is 23.0. The van der Waals surface area contributed by atoms with Gasteiger partial charge in [0.15, 0.2) is 6.10 Å². The summed E-state index contributed by atoms with van der Waals surface area (Å²) in [5.74, 6) is -2.04. The summed E-state index contributed by atoms with van der Waals surface area (Å²) in [5.41, 5.74) is 0. The molecular formula is C92H156NO8+. The van der Waals surface area contributed by atoms with Crippen molar-refractivity contribution in [3.8, 4) is 0 Å². The van der Waals surface area contributed by atoms with Gasteiger partial charge in [0.05, 0.1) is 34.4 Å². The van der Waals surface area contributed by atoms with Gasteiger partial charge in [-0.3, -0.25) is 9.59 Å². The first-order chi connectivity index (χ1) is 49.6. The number of rotatable bonds is 76. The van der Waals surface area contributed by atoms with E-state index in [4.69, 9.17) is 18.9 Å². The van der Waals surface area contributed by atoms with E-state index >= 15 is 0 Å². The third-order valence-corrected chi connectivity index (χ3v) is 17.8. The molecule has 0 aromatic carbocycles. The van der Waals surface area contributed by atoms with Gasteiger partial charge in [0.1, 0.15) is 13.2 Å². The Morgan fingerprint density at radius 1 is 0.307 bits per heavy atom. The summed E-state index contributed by atoms with van der Waals surface area (Å²) in [5, 5.41) is 9.78. The molecule has 0 bridgehead atoms. The Balaban J connectivity index is 4.12. The summed E-state index contributed by atoms with van der Waals surface area (Å²) in [6.45, 7) is 4.75. The fourth-order valence-corrected chi connectivity index (χ4v) is 11.5. The van der Waals surface area contributed by atoms with E-state index in [1.807, 2.05) is 21.1 Å². The van der Waals surface area contributed by atoms with Gasteiger partial charge in [0.25, 0.3) is 6.29 Å². The number of hydrogen-bond acceptors (Lipinski definition) is 7. The Morgan fingerprint density at radius 2 is 0.564 bits per heavy atom. The Bertz CT molecular complexity index is 2230. The minimum absolute atomic E-state index is 0.176. The molecule has 2 atom stereocenters. The van der Waals surface area contributed by atoms with Crippen molar-refractivity contribution in [1.29, 1.82) is 0 Å². The molecule has 0 saturated carbocycles. The van der Waals surface area contributed by atoms with E-state index < -0.39 is 24.3 Å². The molecule has 0 amide bonds. The van der Waals surface area contributed by atoms with Crippen LogP contribution in [0.1, 0.15) is 348 Å². The van der Waals surface area contributed by atoms with Crippen LogP contribution in [0.15, 0.2) is 158 Å². The molecule has 0 aromatic heterocycles. The molecule has 0 heterocycles. The summed E-state index contributed by atoms with van der Waals surface area (Å²) in [6.07, 6.45) is 117. The van der Waals surface area contributed by atoms with Gasteiger partial charge >= 0.3 is 17.9 Å². The quantitative estimate of drug-likeness (QED) is 0.0211. The van der Waals surface area contributed by atoms with Gasteiger partial charge in [-0.1, -0.05) is 364 Å². The van der Waals surface area contributed by atoms with Crippen LogP contribution < -0.4 is 0 Å². The van der Waals surface area contributed by atoms with Gasteiger partial charge < -0.3 is 28.5 Å². The van der Waals surface area contributed by atoms with Crippen LogP contribution in [0.25, 0.3) is 0 Å². The van der Waals surface area contributed by atoms with Gasteiger partial charge in [0.2, 0.25) is 0 Å². The number of carbonyl (C=O) groups is 3. The van der Waals surface area contributed by atoms with Gasteiger partial charge in [0, 0.05) is 12.8 Å². The molecule has 9 nitrogen and oxygen atoms in total. The van der Waals surface area contributed by atoms with E-state index in [2.05, 4.69) is 172 Å². The zero-order valence-electron chi connectivity index (χ0n) is 66.0. The number of carboxylic acids is 1. The Hall–Kier alpha value is -5.09. The van der Waals surface area contributed by atoms with E-state index in [1.54, 1.807) is 0 Å². The highest BCUT2D eigenvalue weighted by Crippen LogP contribution is 2.18. The van der Waals surface area contributed by atoms with E-state index in [-0.39, 0.29) is 32.2 Å². The maximum atomic E-state index is 13.0. The summed E-state index contributed by atoms with van der Waals surface area (Å²) >= 11 is 0. The molecule has 101 heavy (non-hydrogen) atoms. The van der Waals surface area contributed by atoms with Crippen molar-refractivity contribution in [2.75, 3.05) is 47.5 Å². The SMILES string of the molecule is CC/C=C\C/C=C\C/C=C\C/C=C\C/C=C\C/C=C\C/C=C\C/C=C\C/C=C\C/C=C\C/C=C\C/C=C\CCCCCCC(=O)OC(COC(=O)CCCCCCCCCCCCCCCCCCCCCCCCC/C=C\CCCCCCCCCC)COC(OCC[N+](C)(C)C)C(=O)O. The molecule has 576 valence electrons. The first-order valence-corrected chi connectivity index (χ1v) is 41.6. The van der Waals surface area contributed by atoms with Crippen LogP contribution in [0, 0.1) is 0 Å². The van der Waals surface area contributed by atoms with Crippen LogP contribution in [0.3, 0.4) is 0 Å². The average molecular weight is 1400 g/mol. The third kappa shape index (κ3) is 82.1. The molecule has 9 heteroatoms.